The number of hydrogen-bond acceptors (Lipinski definition) is 24. The molecule has 0 aliphatic heterocycles. The second kappa shape index (κ2) is 27.9. The van der Waals surface area contributed by atoms with Crippen molar-refractivity contribution in [1.82, 2.24) is 40.3 Å². The molecule has 0 N–H and O–H groups in total. The standard InChI is InChI=1S/2C14H10N4.4ClHO4.2Cu/c2*1-3-9-15-11(5-1)13-7-8-14(18-17-13)12-6-2-4-10-16-12;4*2-1(3,4)5;;/h2*1-10H;4*(H,2,3,4,5);;/q;;;;;;2*+2/p-4. The van der Waals surface area contributed by atoms with E-state index in [1.54, 1.807) is 24.8 Å². The quantitative estimate of drug-likeness (QED) is 0.148. The molecule has 0 bridgehead atoms. The largest absolute Gasteiger partial charge is 2.00 e. The van der Waals surface area contributed by atoms with Crippen LogP contribution in [0.5, 0.6) is 0 Å². The first-order valence-electron chi connectivity index (χ1n) is 13.7. The Bertz CT molecular complexity index is 1620. The van der Waals surface area contributed by atoms with E-state index in [4.69, 9.17) is 74.5 Å². The molecule has 0 fully saturated rings. The van der Waals surface area contributed by atoms with Crippen molar-refractivity contribution >= 4 is 0 Å². The molecule has 58 heavy (non-hydrogen) atoms. The maximum Gasteiger partial charge on any atom is 2.00 e. The first-order chi connectivity index (χ1) is 25.9. The summed E-state index contributed by atoms with van der Waals surface area (Å²) in [4.78, 5) is 16.9. The fourth-order valence-electron chi connectivity index (χ4n) is 3.27. The summed E-state index contributed by atoms with van der Waals surface area (Å²) in [6.07, 6.45) is 6.96. The van der Waals surface area contributed by atoms with Crippen molar-refractivity contribution < 1.29 is 150 Å². The summed E-state index contributed by atoms with van der Waals surface area (Å²) in [5, 5.41) is 16.7. The molecule has 0 atom stereocenters. The Morgan fingerprint density at radius 2 is 0.397 bits per heavy atom. The molecule has 2 radical (unpaired) electrons. The van der Waals surface area contributed by atoms with Gasteiger partial charge in [-0.25, -0.2) is 74.5 Å². The minimum absolute atomic E-state index is 0. The van der Waals surface area contributed by atoms with Gasteiger partial charge in [0.05, 0.1) is 22.8 Å². The zero-order chi connectivity index (χ0) is 42.4. The van der Waals surface area contributed by atoms with Crippen molar-refractivity contribution in [2.75, 3.05) is 0 Å². The minimum Gasteiger partial charge on any atom is -0.255 e. The van der Waals surface area contributed by atoms with Crippen LogP contribution in [0.3, 0.4) is 0 Å². The summed E-state index contributed by atoms with van der Waals surface area (Å²) < 4.78 is 136. The molecule has 6 rings (SSSR count). The molecule has 6 aromatic heterocycles. The molecule has 6 heterocycles. The first-order valence-corrected chi connectivity index (χ1v) is 18.6. The van der Waals surface area contributed by atoms with Crippen LogP contribution in [0, 0.1) is 41.0 Å². The van der Waals surface area contributed by atoms with Gasteiger partial charge in [-0.1, -0.05) is 24.3 Å². The van der Waals surface area contributed by atoms with Crippen molar-refractivity contribution in [1.29, 1.82) is 0 Å². The SMILES string of the molecule is [Cu+2].[Cu+2].[O-][Cl+3]([O-])([O-])[O-].[O-][Cl+3]([O-])([O-])[O-].[O-][Cl+3]([O-])([O-])[O-].[O-][Cl+3]([O-])([O-])[O-].c1ccc(-c2ccc(-c3ccccn3)nn2)nc1.c1ccc(-c2ccc(-c3ccccn3)nn2)nc1. The van der Waals surface area contributed by atoms with E-state index in [1.165, 1.54) is 0 Å². The fraction of sp³-hybridized carbons (Fsp3) is 0. The van der Waals surface area contributed by atoms with Crippen molar-refractivity contribution in [3.63, 3.8) is 0 Å². The van der Waals surface area contributed by atoms with Crippen molar-refractivity contribution in [2.45, 2.75) is 0 Å². The predicted octanol–water partition coefficient (Wildman–Crippen LogP) is -13.8. The summed E-state index contributed by atoms with van der Waals surface area (Å²) in [7, 11) is -19.8. The molecule has 0 saturated carbocycles. The molecule has 0 unspecified atom stereocenters. The van der Waals surface area contributed by atoms with Crippen molar-refractivity contribution in [3.05, 3.63) is 122 Å². The Hall–Kier alpha value is -3.68. The van der Waals surface area contributed by atoms with Gasteiger partial charge in [0.15, 0.2) is 0 Å². The van der Waals surface area contributed by atoms with Crippen LogP contribution in [-0.2, 0) is 34.1 Å². The number of pyridine rings is 4. The molecular weight excluding hydrogens is 973 g/mol. The monoisotopic (exact) mass is 990 g/mol. The number of rotatable bonds is 4. The summed E-state index contributed by atoms with van der Waals surface area (Å²) in [5.41, 5.74) is 6.31. The van der Waals surface area contributed by atoms with Gasteiger partial charge in [0, 0.05) is 24.8 Å². The smallest absolute Gasteiger partial charge is 0.255 e. The molecule has 0 saturated heterocycles. The number of halogens is 4. The molecule has 6 aromatic rings. The van der Waals surface area contributed by atoms with Gasteiger partial charge >= 0.3 is 34.1 Å². The van der Waals surface area contributed by atoms with Gasteiger partial charge in [-0.15, -0.1) is 61.4 Å². The van der Waals surface area contributed by atoms with E-state index in [0.29, 0.717) is 0 Å². The minimum atomic E-state index is -4.94. The third kappa shape index (κ3) is 33.3. The molecule has 0 aromatic carbocycles. The average Bonchev–Trinajstić information content (AvgIpc) is 3.11. The maximum absolute atomic E-state index is 8.49. The maximum atomic E-state index is 8.49. The molecular formula is C28H20Cl4Cu2N8O16. The average molecular weight is 993 g/mol. The van der Waals surface area contributed by atoms with Gasteiger partial charge in [-0.05, 0) is 72.8 Å². The van der Waals surface area contributed by atoms with Crippen LogP contribution in [0.1, 0.15) is 0 Å². The Morgan fingerprint density at radius 3 is 0.500 bits per heavy atom. The van der Waals surface area contributed by atoms with Crippen LogP contribution >= 0.6 is 0 Å². The Morgan fingerprint density at radius 1 is 0.241 bits per heavy atom. The van der Waals surface area contributed by atoms with Crippen LogP contribution < -0.4 is 74.5 Å². The van der Waals surface area contributed by atoms with Crippen LogP contribution in [-0.4, -0.2) is 40.3 Å². The van der Waals surface area contributed by atoms with Crippen molar-refractivity contribution in [3.8, 4) is 45.6 Å². The summed E-state index contributed by atoms with van der Waals surface area (Å²) >= 11 is 0. The van der Waals surface area contributed by atoms with Crippen molar-refractivity contribution in [2.24, 2.45) is 0 Å². The third-order valence-electron chi connectivity index (χ3n) is 5.04. The molecule has 0 aliphatic carbocycles. The zero-order valence-electron chi connectivity index (χ0n) is 27.8. The van der Waals surface area contributed by atoms with E-state index in [0.717, 1.165) is 45.6 Å². The Kier molecular flexibility index (Phi) is 27.1. The second-order valence-corrected chi connectivity index (χ2v) is 12.0. The molecule has 0 amide bonds. The molecule has 30 heteroatoms. The normalized spacial score (nSPS) is 10.5. The van der Waals surface area contributed by atoms with Gasteiger partial charge in [0.2, 0.25) is 0 Å². The van der Waals surface area contributed by atoms with E-state index < -0.39 is 41.0 Å². The molecule has 24 nitrogen and oxygen atoms in total. The van der Waals surface area contributed by atoms with E-state index in [1.807, 2.05) is 97.1 Å². The fourth-order valence-corrected chi connectivity index (χ4v) is 3.27. The summed E-state index contributed by atoms with van der Waals surface area (Å²) in [5.74, 6) is 0. The third-order valence-corrected chi connectivity index (χ3v) is 5.04. The number of aromatic nitrogens is 8. The first kappa shape index (κ1) is 56.4. The molecule has 0 spiro atoms. The molecule has 0 aliphatic rings. The van der Waals surface area contributed by atoms with Gasteiger partial charge in [0.1, 0.15) is 22.8 Å². The van der Waals surface area contributed by atoms with Gasteiger partial charge in [0.25, 0.3) is 0 Å². The number of nitrogens with zero attached hydrogens (tertiary/aromatic N) is 8. The van der Waals surface area contributed by atoms with Crippen LogP contribution in [0.4, 0.5) is 0 Å². The van der Waals surface area contributed by atoms with Crippen LogP contribution in [0.15, 0.2) is 122 Å². The second-order valence-electron chi connectivity index (χ2n) is 8.98. The summed E-state index contributed by atoms with van der Waals surface area (Å²) in [6, 6.07) is 30.4. The van der Waals surface area contributed by atoms with Gasteiger partial charge in [-0.3, -0.25) is 19.9 Å². The van der Waals surface area contributed by atoms with Crippen LogP contribution in [0.25, 0.3) is 45.6 Å². The zero-order valence-corrected chi connectivity index (χ0v) is 32.7. The number of hydrogen-bond donors (Lipinski definition) is 0. The summed E-state index contributed by atoms with van der Waals surface area (Å²) in [6.45, 7) is 0. The van der Waals surface area contributed by atoms with E-state index >= 15 is 0 Å². The predicted molar refractivity (Wildman–Crippen MR) is 137 cm³/mol. The molecule has 318 valence electrons. The Balaban J connectivity index is 0. The van der Waals surface area contributed by atoms with E-state index in [9.17, 15) is 0 Å². The Labute approximate surface area is 355 Å². The topological polar surface area (TPSA) is 472 Å². The van der Waals surface area contributed by atoms with Crippen LogP contribution in [0.2, 0.25) is 0 Å². The van der Waals surface area contributed by atoms with Gasteiger partial charge in [-0.2, -0.15) is 0 Å². The van der Waals surface area contributed by atoms with E-state index in [2.05, 4.69) is 40.3 Å². The van der Waals surface area contributed by atoms with E-state index in [-0.39, 0.29) is 34.1 Å². The van der Waals surface area contributed by atoms with Gasteiger partial charge < -0.3 is 0 Å².